The summed E-state index contributed by atoms with van der Waals surface area (Å²) in [6.45, 7) is 10.9. The summed E-state index contributed by atoms with van der Waals surface area (Å²) in [4.78, 5) is 0. The van der Waals surface area contributed by atoms with Crippen molar-refractivity contribution in [3.8, 4) is 5.75 Å². The van der Waals surface area contributed by atoms with Crippen LogP contribution in [0, 0.1) is 6.92 Å². The number of rotatable bonds is 5. The number of hydrogen-bond donors (Lipinski definition) is 1. The first-order chi connectivity index (χ1) is 8.33. The average molecular weight is 270 g/mol. The van der Waals surface area contributed by atoms with E-state index in [0.717, 1.165) is 28.3 Å². The van der Waals surface area contributed by atoms with Gasteiger partial charge < -0.3 is 10.5 Å². The monoisotopic (exact) mass is 269 g/mol. The third-order valence-corrected chi connectivity index (χ3v) is 3.78. The molecule has 0 aliphatic heterocycles. The van der Waals surface area contributed by atoms with Crippen LogP contribution < -0.4 is 10.5 Å². The SMILES string of the molecule is CCC(C)(CN)Oc1cc(C(C)C)c(Cl)cc1C. The molecule has 0 saturated heterocycles. The summed E-state index contributed by atoms with van der Waals surface area (Å²) in [6, 6.07) is 4.02. The molecule has 0 aliphatic carbocycles. The second kappa shape index (κ2) is 5.94. The van der Waals surface area contributed by atoms with Gasteiger partial charge in [-0.3, -0.25) is 0 Å². The number of hydrogen-bond acceptors (Lipinski definition) is 2. The normalized spacial score (nSPS) is 14.7. The highest BCUT2D eigenvalue weighted by molar-refractivity contribution is 6.31. The second-order valence-electron chi connectivity index (χ2n) is 5.40. The Bertz CT molecular complexity index is 411. The molecule has 102 valence electrons. The average Bonchev–Trinajstić information content (AvgIpc) is 2.32. The van der Waals surface area contributed by atoms with Gasteiger partial charge in [0.05, 0.1) is 0 Å². The van der Waals surface area contributed by atoms with Crippen molar-refractivity contribution in [1.29, 1.82) is 0 Å². The molecule has 2 N–H and O–H groups in total. The predicted molar refractivity (Wildman–Crippen MR) is 78.7 cm³/mol. The molecule has 0 spiro atoms. The molecule has 0 aliphatic rings. The number of halogens is 1. The fraction of sp³-hybridized carbons (Fsp3) is 0.600. The minimum Gasteiger partial charge on any atom is -0.486 e. The van der Waals surface area contributed by atoms with Gasteiger partial charge in [-0.15, -0.1) is 0 Å². The van der Waals surface area contributed by atoms with Crippen molar-refractivity contribution >= 4 is 11.6 Å². The molecule has 0 amide bonds. The topological polar surface area (TPSA) is 35.2 Å². The van der Waals surface area contributed by atoms with Crippen molar-refractivity contribution in [2.24, 2.45) is 5.73 Å². The van der Waals surface area contributed by atoms with Crippen LogP contribution in [0.2, 0.25) is 5.02 Å². The van der Waals surface area contributed by atoms with Crippen molar-refractivity contribution in [1.82, 2.24) is 0 Å². The highest BCUT2D eigenvalue weighted by Crippen LogP contribution is 2.33. The molecule has 0 radical (unpaired) electrons. The quantitative estimate of drug-likeness (QED) is 0.866. The Morgan fingerprint density at radius 1 is 1.39 bits per heavy atom. The van der Waals surface area contributed by atoms with Gasteiger partial charge in [0.25, 0.3) is 0 Å². The zero-order valence-corrected chi connectivity index (χ0v) is 12.8. The molecule has 0 fully saturated rings. The Balaban J connectivity index is 3.13. The fourth-order valence-corrected chi connectivity index (χ4v) is 2.18. The van der Waals surface area contributed by atoms with Gasteiger partial charge in [0, 0.05) is 11.6 Å². The zero-order valence-electron chi connectivity index (χ0n) is 12.0. The van der Waals surface area contributed by atoms with Crippen LogP contribution in [0.4, 0.5) is 0 Å². The largest absolute Gasteiger partial charge is 0.486 e. The number of ether oxygens (including phenoxy) is 1. The van der Waals surface area contributed by atoms with Crippen molar-refractivity contribution in [2.75, 3.05) is 6.54 Å². The molecule has 0 aromatic heterocycles. The first-order valence-electron chi connectivity index (χ1n) is 6.52. The van der Waals surface area contributed by atoms with Crippen LogP contribution >= 0.6 is 11.6 Å². The molecule has 2 nitrogen and oxygen atoms in total. The molecule has 3 heteroatoms. The summed E-state index contributed by atoms with van der Waals surface area (Å²) in [5.74, 6) is 1.27. The molecule has 0 saturated carbocycles. The maximum atomic E-state index is 6.26. The van der Waals surface area contributed by atoms with Gasteiger partial charge in [0.15, 0.2) is 0 Å². The summed E-state index contributed by atoms with van der Waals surface area (Å²) < 4.78 is 6.09. The molecule has 1 unspecified atom stereocenters. The lowest BCUT2D eigenvalue weighted by Gasteiger charge is -2.29. The van der Waals surface area contributed by atoms with Gasteiger partial charge in [-0.05, 0) is 49.4 Å². The van der Waals surface area contributed by atoms with E-state index < -0.39 is 0 Å². The molecular weight excluding hydrogens is 246 g/mol. The van der Waals surface area contributed by atoms with E-state index in [1.165, 1.54) is 0 Å². The third-order valence-electron chi connectivity index (χ3n) is 3.45. The van der Waals surface area contributed by atoms with Crippen molar-refractivity contribution < 1.29 is 4.74 Å². The lowest BCUT2D eigenvalue weighted by molar-refractivity contribution is 0.0925. The van der Waals surface area contributed by atoms with E-state index in [-0.39, 0.29) is 5.60 Å². The molecule has 0 heterocycles. The lowest BCUT2D eigenvalue weighted by Crippen LogP contribution is -2.40. The van der Waals surface area contributed by atoms with Gasteiger partial charge in [-0.1, -0.05) is 32.4 Å². The van der Waals surface area contributed by atoms with Gasteiger partial charge in [0.1, 0.15) is 11.4 Å². The van der Waals surface area contributed by atoms with Crippen molar-refractivity contribution in [3.63, 3.8) is 0 Å². The minimum atomic E-state index is -0.313. The molecule has 18 heavy (non-hydrogen) atoms. The van der Waals surface area contributed by atoms with Crippen molar-refractivity contribution in [2.45, 2.75) is 52.6 Å². The van der Waals surface area contributed by atoms with E-state index in [1.807, 2.05) is 26.0 Å². The van der Waals surface area contributed by atoms with Crippen LogP contribution in [0.5, 0.6) is 5.75 Å². The van der Waals surface area contributed by atoms with Gasteiger partial charge in [-0.25, -0.2) is 0 Å². The highest BCUT2D eigenvalue weighted by atomic mass is 35.5. The number of nitrogens with two attached hydrogens (primary N) is 1. The van der Waals surface area contributed by atoms with Crippen LogP contribution in [-0.2, 0) is 0 Å². The molecule has 1 rings (SSSR count). The van der Waals surface area contributed by atoms with E-state index in [9.17, 15) is 0 Å². The summed E-state index contributed by atoms with van der Waals surface area (Å²) >= 11 is 6.26. The Kier molecular flexibility index (Phi) is 5.06. The summed E-state index contributed by atoms with van der Waals surface area (Å²) in [5, 5.41) is 0.806. The van der Waals surface area contributed by atoms with Crippen LogP contribution in [0.3, 0.4) is 0 Å². The number of benzene rings is 1. The molecular formula is C15H24ClNO. The molecule has 1 aromatic carbocycles. The molecule has 1 aromatic rings. The Morgan fingerprint density at radius 2 is 2.00 bits per heavy atom. The van der Waals surface area contributed by atoms with E-state index in [2.05, 4.69) is 20.8 Å². The van der Waals surface area contributed by atoms with E-state index in [0.29, 0.717) is 12.5 Å². The smallest absolute Gasteiger partial charge is 0.123 e. The lowest BCUT2D eigenvalue weighted by atomic mass is 10.00. The van der Waals surface area contributed by atoms with Gasteiger partial charge >= 0.3 is 0 Å². The van der Waals surface area contributed by atoms with Crippen LogP contribution in [0.15, 0.2) is 12.1 Å². The van der Waals surface area contributed by atoms with Crippen LogP contribution in [0.25, 0.3) is 0 Å². The summed E-state index contributed by atoms with van der Waals surface area (Å²) in [7, 11) is 0. The van der Waals surface area contributed by atoms with Crippen LogP contribution in [-0.4, -0.2) is 12.1 Å². The molecule has 0 bridgehead atoms. The fourth-order valence-electron chi connectivity index (χ4n) is 1.74. The predicted octanol–water partition coefficient (Wildman–Crippen LogP) is 4.28. The summed E-state index contributed by atoms with van der Waals surface area (Å²) in [6.07, 6.45) is 0.878. The van der Waals surface area contributed by atoms with E-state index in [4.69, 9.17) is 22.1 Å². The van der Waals surface area contributed by atoms with E-state index >= 15 is 0 Å². The first kappa shape index (κ1) is 15.3. The maximum absolute atomic E-state index is 6.26. The zero-order chi connectivity index (χ0) is 13.9. The maximum Gasteiger partial charge on any atom is 0.123 e. The minimum absolute atomic E-state index is 0.313. The Morgan fingerprint density at radius 3 is 2.44 bits per heavy atom. The van der Waals surface area contributed by atoms with Crippen LogP contribution in [0.1, 0.15) is 51.2 Å². The third kappa shape index (κ3) is 3.39. The van der Waals surface area contributed by atoms with Crippen molar-refractivity contribution in [3.05, 3.63) is 28.3 Å². The van der Waals surface area contributed by atoms with Gasteiger partial charge in [0.2, 0.25) is 0 Å². The van der Waals surface area contributed by atoms with E-state index in [1.54, 1.807) is 0 Å². The molecule has 1 atom stereocenters. The first-order valence-corrected chi connectivity index (χ1v) is 6.90. The standard InChI is InChI=1S/C15H24ClNO/c1-6-15(5,9-17)18-14-8-12(10(2)3)13(16)7-11(14)4/h7-8,10H,6,9,17H2,1-5H3. The second-order valence-corrected chi connectivity index (χ2v) is 5.81. The Labute approximate surface area is 115 Å². The Hall–Kier alpha value is -0.730. The van der Waals surface area contributed by atoms with Gasteiger partial charge in [-0.2, -0.15) is 0 Å². The number of aryl methyl sites for hydroxylation is 1. The summed E-state index contributed by atoms with van der Waals surface area (Å²) in [5.41, 5.74) is 7.65. The highest BCUT2D eigenvalue weighted by Gasteiger charge is 2.23.